The maximum Gasteiger partial charge on any atom is 0.239 e. The summed E-state index contributed by atoms with van der Waals surface area (Å²) in [5, 5.41) is 10.6. The molecule has 11 heteroatoms. The Hall–Kier alpha value is -3.96. The number of phenolic OH excluding ortho intramolecular Hbond substituents is 1. The predicted molar refractivity (Wildman–Crippen MR) is 144 cm³/mol. The molecule has 0 saturated heterocycles. The van der Waals surface area contributed by atoms with Crippen LogP contribution in [0.1, 0.15) is 9.67 Å². The lowest BCUT2D eigenvalue weighted by molar-refractivity contribution is 0.112. The van der Waals surface area contributed by atoms with Crippen LogP contribution in [0, 0.1) is 0 Å². The van der Waals surface area contributed by atoms with Gasteiger partial charge in [0, 0.05) is 28.2 Å². The van der Waals surface area contributed by atoms with Crippen molar-refractivity contribution in [2.45, 2.75) is 0 Å². The molecule has 0 unspecified atom stereocenters. The summed E-state index contributed by atoms with van der Waals surface area (Å²) in [6.07, 6.45) is 4.18. The summed E-state index contributed by atoms with van der Waals surface area (Å²) in [4.78, 5) is 28.4. The van der Waals surface area contributed by atoms with Crippen LogP contribution in [0.15, 0.2) is 65.3 Å². The van der Waals surface area contributed by atoms with Crippen LogP contribution in [0.3, 0.4) is 0 Å². The van der Waals surface area contributed by atoms with Gasteiger partial charge in [-0.05, 0) is 24.3 Å². The van der Waals surface area contributed by atoms with Gasteiger partial charge in [0.25, 0.3) is 0 Å². The van der Waals surface area contributed by atoms with E-state index in [4.69, 9.17) is 15.3 Å². The van der Waals surface area contributed by atoms with Gasteiger partial charge in [0.1, 0.15) is 16.1 Å². The van der Waals surface area contributed by atoms with E-state index < -0.39 is 0 Å². The summed E-state index contributed by atoms with van der Waals surface area (Å²) < 4.78 is 5.69. The molecule has 0 saturated carbocycles. The third kappa shape index (κ3) is 7.01. The van der Waals surface area contributed by atoms with Crippen LogP contribution in [0.4, 0.5) is 16.0 Å². The molecule has 0 aliphatic carbocycles. The van der Waals surface area contributed by atoms with Crippen molar-refractivity contribution in [3.05, 3.63) is 65.8 Å². The van der Waals surface area contributed by atoms with Crippen LogP contribution in [0.2, 0.25) is 0 Å². The number of nitrogens with zero attached hydrogens (tertiary/aromatic N) is 5. The summed E-state index contributed by atoms with van der Waals surface area (Å²) in [5.74, 6) is 0.782. The van der Waals surface area contributed by atoms with E-state index in [-0.39, 0.29) is 5.75 Å². The van der Waals surface area contributed by atoms with Crippen molar-refractivity contribution in [2.75, 3.05) is 43.7 Å². The zero-order valence-electron chi connectivity index (χ0n) is 19.7. The number of aromatic hydroxyl groups is 1. The SMILES string of the molecule is CN(C)c1ncc(-c2nc3ccccc3o2)s1.CN(C)c1ncc(C=O)s1.Nc1ccccc1O. The lowest BCUT2D eigenvalue weighted by atomic mass is 10.3. The van der Waals surface area contributed by atoms with Gasteiger partial charge in [-0.15, -0.1) is 0 Å². The summed E-state index contributed by atoms with van der Waals surface area (Å²) in [5.41, 5.74) is 7.38. The third-order valence-corrected chi connectivity index (χ3v) is 6.57. The number of rotatable bonds is 4. The van der Waals surface area contributed by atoms with Crippen molar-refractivity contribution in [3.8, 4) is 16.5 Å². The second kappa shape index (κ2) is 12.0. The normalized spacial score (nSPS) is 10.1. The molecule has 0 aliphatic heterocycles. The van der Waals surface area contributed by atoms with E-state index in [0.29, 0.717) is 16.5 Å². The Morgan fingerprint density at radius 2 is 1.54 bits per heavy atom. The molecule has 0 bridgehead atoms. The second-order valence-corrected chi connectivity index (χ2v) is 9.55. The first-order valence-electron chi connectivity index (χ1n) is 10.4. The average molecular weight is 511 g/mol. The molecular formula is C24H26N6O3S2. The maximum atomic E-state index is 10.2. The number of hydrogen-bond donors (Lipinski definition) is 2. The van der Waals surface area contributed by atoms with E-state index in [1.54, 1.807) is 48.0 Å². The van der Waals surface area contributed by atoms with Crippen LogP contribution in [0.25, 0.3) is 21.9 Å². The molecule has 0 fully saturated rings. The fraction of sp³-hybridized carbons (Fsp3) is 0.167. The van der Waals surface area contributed by atoms with Gasteiger partial charge in [-0.3, -0.25) is 4.79 Å². The van der Waals surface area contributed by atoms with Gasteiger partial charge in [0.05, 0.1) is 23.0 Å². The van der Waals surface area contributed by atoms with Gasteiger partial charge < -0.3 is 25.1 Å². The second-order valence-electron chi connectivity index (χ2n) is 7.50. The number of phenols is 1. The molecule has 182 valence electrons. The first kappa shape index (κ1) is 25.7. The van der Waals surface area contributed by atoms with E-state index in [1.165, 1.54) is 11.3 Å². The number of oxazole rings is 1. The van der Waals surface area contributed by atoms with E-state index in [0.717, 1.165) is 32.5 Å². The third-order valence-electron chi connectivity index (χ3n) is 4.33. The smallest absolute Gasteiger partial charge is 0.239 e. The number of nitrogen functional groups attached to an aromatic ring is 1. The van der Waals surface area contributed by atoms with Crippen molar-refractivity contribution >= 4 is 56.0 Å². The summed E-state index contributed by atoms with van der Waals surface area (Å²) in [6.45, 7) is 0. The minimum absolute atomic E-state index is 0.146. The molecule has 5 rings (SSSR count). The number of benzene rings is 2. The first-order valence-corrected chi connectivity index (χ1v) is 12.0. The van der Waals surface area contributed by atoms with Crippen LogP contribution in [0.5, 0.6) is 5.75 Å². The summed E-state index contributed by atoms with van der Waals surface area (Å²) in [7, 11) is 7.73. The summed E-state index contributed by atoms with van der Waals surface area (Å²) >= 11 is 2.96. The molecule has 2 aromatic carbocycles. The monoisotopic (exact) mass is 510 g/mol. The predicted octanol–water partition coefficient (Wildman–Crippen LogP) is 5.01. The Labute approximate surface area is 211 Å². The molecule has 0 radical (unpaired) electrons. The quantitative estimate of drug-likeness (QED) is 0.195. The maximum absolute atomic E-state index is 10.2. The van der Waals surface area contributed by atoms with Crippen molar-refractivity contribution in [1.29, 1.82) is 0 Å². The highest BCUT2D eigenvalue weighted by Crippen LogP contribution is 2.31. The number of hydrogen-bond acceptors (Lipinski definition) is 11. The molecule has 9 nitrogen and oxygen atoms in total. The van der Waals surface area contributed by atoms with Gasteiger partial charge in [0.15, 0.2) is 22.1 Å². The molecule has 5 aromatic rings. The molecule has 3 N–H and O–H groups in total. The molecule has 0 spiro atoms. The molecular weight excluding hydrogens is 484 g/mol. The minimum atomic E-state index is 0.146. The van der Waals surface area contributed by atoms with Crippen LogP contribution in [-0.2, 0) is 0 Å². The van der Waals surface area contributed by atoms with E-state index in [2.05, 4.69) is 15.0 Å². The van der Waals surface area contributed by atoms with Gasteiger partial charge in [-0.25, -0.2) is 15.0 Å². The number of para-hydroxylation sites is 4. The van der Waals surface area contributed by atoms with Gasteiger partial charge in [0.2, 0.25) is 5.89 Å². The van der Waals surface area contributed by atoms with Crippen molar-refractivity contribution in [3.63, 3.8) is 0 Å². The fourth-order valence-electron chi connectivity index (χ4n) is 2.57. The zero-order chi connectivity index (χ0) is 25.4. The number of carbonyl (C=O) groups is 1. The molecule has 35 heavy (non-hydrogen) atoms. The van der Waals surface area contributed by atoms with Crippen LogP contribution < -0.4 is 15.5 Å². The summed E-state index contributed by atoms with van der Waals surface area (Å²) in [6, 6.07) is 14.4. The topological polar surface area (TPSA) is 122 Å². The highest BCUT2D eigenvalue weighted by Gasteiger charge is 2.12. The largest absolute Gasteiger partial charge is 0.506 e. The Bertz CT molecular complexity index is 1320. The Morgan fingerprint density at radius 1 is 0.914 bits per heavy atom. The van der Waals surface area contributed by atoms with Crippen molar-refractivity contribution in [2.24, 2.45) is 0 Å². The van der Waals surface area contributed by atoms with E-state index in [1.807, 2.05) is 62.3 Å². The van der Waals surface area contributed by atoms with E-state index in [9.17, 15) is 4.79 Å². The Kier molecular flexibility index (Phi) is 8.76. The molecule has 0 amide bonds. The lowest BCUT2D eigenvalue weighted by Gasteiger charge is -2.04. The zero-order valence-corrected chi connectivity index (χ0v) is 21.4. The molecule has 3 aromatic heterocycles. The number of nitrogens with two attached hydrogens (primary N) is 1. The number of carbonyl (C=O) groups excluding carboxylic acids is 1. The fourth-order valence-corrected chi connectivity index (χ4v) is 3.99. The lowest BCUT2D eigenvalue weighted by Crippen LogP contribution is -2.07. The highest BCUT2D eigenvalue weighted by molar-refractivity contribution is 7.18. The minimum Gasteiger partial charge on any atom is -0.506 e. The number of anilines is 3. The number of aldehydes is 1. The standard InChI is InChI=1S/C12H11N3OS.C6H8N2OS.C6H7NO/c1-15(2)12-13-7-10(17-12)11-14-8-5-3-4-6-9(8)16-11;1-8(2)6-7-3-5(4-9)10-6;7-5-3-1-2-4-6(5)8/h3-7H,1-2H3;3-4H,1-2H3;1-4,8H,7H2. The Balaban J connectivity index is 0.000000162. The Morgan fingerprint density at radius 3 is 2.06 bits per heavy atom. The first-order chi connectivity index (χ1) is 16.8. The van der Waals surface area contributed by atoms with Gasteiger partial charge in [-0.1, -0.05) is 46.9 Å². The van der Waals surface area contributed by atoms with Gasteiger partial charge in [-0.2, -0.15) is 0 Å². The number of aromatic nitrogens is 3. The number of fused-ring (bicyclic) bond motifs is 1. The molecule has 3 heterocycles. The van der Waals surface area contributed by atoms with Crippen LogP contribution >= 0.6 is 22.7 Å². The van der Waals surface area contributed by atoms with Crippen LogP contribution in [-0.4, -0.2) is 54.5 Å². The highest BCUT2D eigenvalue weighted by atomic mass is 32.1. The van der Waals surface area contributed by atoms with E-state index >= 15 is 0 Å². The number of thiazole rings is 2. The molecule has 0 atom stereocenters. The van der Waals surface area contributed by atoms with Crippen molar-refractivity contribution in [1.82, 2.24) is 15.0 Å². The average Bonchev–Trinajstić information content (AvgIpc) is 3.60. The molecule has 0 aliphatic rings. The van der Waals surface area contributed by atoms with Crippen molar-refractivity contribution < 1.29 is 14.3 Å². The van der Waals surface area contributed by atoms with Gasteiger partial charge >= 0.3 is 0 Å².